The van der Waals surface area contributed by atoms with E-state index in [1.54, 1.807) is 0 Å². The summed E-state index contributed by atoms with van der Waals surface area (Å²) in [4.78, 5) is 2.45. The predicted octanol–water partition coefficient (Wildman–Crippen LogP) is 16.2. The molecule has 0 N–H and O–H groups in total. The van der Waals surface area contributed by atoms with Crippen molar-refractivity contribution in [2.24, 2.45) is 0 Å². The molecule has 0 aromatic heterocycles. The Bertz CT molecular complexity index is 2930. The Morgan fingerprint density at radius 2 is 1.03 bits per heavy atom. The number of fused-ring (bicyclic) bond motifs is 6. The molecule has 8 aromatic carbocycles. The van der Waals surface area contributed by atoms with E-state index in [9.17, 15) is 0 Å². The maximum absolute atomic E-state index is 6.48. The van der Waals surface area contributed by atoms with Crippen LogP contribution in [-0.2, 0) is 22.9 Å². The van der Waals surface area contributed by atoms with E-state index in [4.69, 9.17) is 4.74 Å². The Labute approximate surface area is 374 Å². The van der Waals surface area contributed by atoms with Crippen LogP contribution in [0, 0.1) is 0 Å². The van der Waals surface area contributed by atoms with Gasteiger partial charge in [-0.25, -0.2) is 0 Å². The standard InChI is InChI=1S/C61H57NO/c1-8-41(2)43-24-22-42(23-25-43)40-63-50-34-30-46(31-35-50)61(45-28-26-44(27-29-45)59(3,4)5)56-21-15-13-19-52(56)54-37-33-49(39-58(54)61)62(47-16-10-9-11-17-47)48-32-36-53-51-18-12-14-20-55(51)60(6,7)57(53)38-48/h9-39,41H,8,40H2,1-7H3. The lowest BCUT2D eigenvalue weighted by atomic mass is 9.67. The van der Waals surface area contributed by atoms with E-state index >= 15 is 0 Å². The fourth-order valence-corrected chi connectivity index (χ4v) is 10.4. The number of ether oxygens (including phenoxy) is 1. The molecule has 2 atom stereocenters. The SMILES string of the molecule is CCC(C)c1ccc(COc2ccc(C3(c4ccc(C(C)(C)C)cc4)c4ccccc4-c4ccc(N(c5ccccc5)c5ccc6c(c5)C(C)(C)c5ccccc5-6)cc43)cc2)cc1. The second-order valence-corrected chi connectivity index (χ2v) is 19.3. The monoisotopic (exact) mass is 819 g/mol. The van der Waals surface area contributed by atoms with Gasteiger partial charge in [0.25, 0.3) is 0 Å². The van der Waals surface area contributed by atoms with E-state index in [0.717, 1.165) is 29.2 Å². The molecular formula is C61H57NO. The summed E-state index contributed by atoms with van der Waals surface area (Å²) in [6, 6.07) is 70.3. The largest absolute Gasteiger partial charge is 0.489 e. The number of hydrogen-bond donors (Lipinski definition) is 0. The first kappa shape index (κ1) is 40.4. The first-order valence-electron chi connectivity index (χ1n) is 22.8. The minimum Gasteiger partial charge on any atom is -0.489 e. The molecule has 312 valence electrons. The fourth-order valence-electron chi connectivity index (χ4n) is 10.4. The molecule has 2 unspecified atom stereocenters. The maximum atomic E-state index is 6.48. The number of nitrogens with zero attached hydrogens (tertiary/aromatic N) is 1. The van der Waals surface area contributed by atoms with Gasteiger partial charge in [-0.1, -0.05) is 188 Å². The summed E-state index contributed by atoms with van der Waals surface area (Å²) in [5, 5.41) is 0. The number of rotatable bonds is 10. The van der Waals surface area contributed by atoms with Crippen molar-refractivity contribution in [3.8, 4) is 28.0 Å². The Hall–Kier alpha value is -6.64. The van der Waals surface area contributed by atoms with Crippen LogP contribution in [0.5, 0.6) is 5.75 Å². The zero-order chi connectivity index (χ0) is 43.5. The second-order valence-electron chi connectivity index (χ2n) is 19.3. The van der Waals surface area contributed by atoms with Gasteiger partial charge < -0.3 is 9.64 Å². The highest BCUT2D eigenvalue weighted by molar-refractivity contribution is 5.90. The summed E-state index contributed by atoms with van der Waals surface area (Å²) in [7, 11) is 0. The van der Waals surface area contributed by atoms with E-state index in [-0.39, 0.29) is 10.8 Å². The Morgan fingerprint density at radius 1 is 0.508 bits per heavy atom. The number of hydrogen-bond acceptors (Lipinski definition) is 2. The summed E-state index contributed by atoms with van der Waals surface area (Å²) in [5.41, 5.74) is 19.5. The highest BCUT2D eigenvalue weighted by Gasteiger charge is 2.47. The normalized spacial score (nSPS) is 16.1. The number of para-hydroxylation sites is 1. The predicted molar refractivity (Wildman–Crippen MR) is 264 cm³/mol. The van der Waals surface area contributed by atoms with E-state index in [1.807, 2.05) is 0 Å². The van der Waals surface area contributed by atoms with Crippen molar-refractivity contribution >= 4 is 17.1 Å². The van der Waals surface area contributed by atoms with Crippen LogP contribution in [0.4, 0.5) is 17.1 Å². The molecular weight excluding hydrogens is 763 g/mol. The number of benzene rings is 8. The lowest BCUT2D eigenvalue weighted by Gasteiger charge is -2.35. The zero-order valence-electron chi connectivity index (χ0n) is 37.7. The Balaban J connectivity index is 1.12. The van der Waals surface area contributed by atoms with Crippen molar-refractivity contribution in [1.82, 2.24) is 0 Å². The minimum absolute atomic E-state index is 0.0277. The van der Waals surface area contributed by atoms with Gasteiger partial charge in [-0.05, 0) is 139 Å². The summed E-state index contributed by atoms with van der Waals surface area (Å²) in [6.07, 6.45) is 1.13. The fraction of sp³-hybridized carbons (Fsp3) is 0.213. The van der Waals surface area contributed by atoms with Crippen molar-refractivity contribution in [2.45, 2.75) is 83.7 Å². The lowest BCUT2D eigenvalue weighted by Crippen LogP contribution is -2.29. The molecule has 0 saturated heterocycles. The average Bonchev–Trinajstić information content (AvgIpc) is 3.73. The van der Waals surface area contributed by atoms with E-state index in [1.165, 1.54) is 72.3 Å². The smallest absolute Gasteiger partial charge is 0.119 e. The Morgan fingerprint density at radius 3 is 1.65 bits per heavy atom. The molecule has 8 aromatic rings. The third kappa shape index (κ3) is 6.79. The quantitative estimate of drug-likeness (QED) is 0.136. The van der Waals surface area contributed by atoms with Crippen molar-refractivity contribution in [2.75, 3.05) is 4.90 Å². The van der Waals surface area contributed by atoms with Crippen LogP contribution in [0.3, 0.4) is 0 Å². The van der Waals surface area contributed by atoms with Gasteiger partial charge >= 0.3 is 0 Å². The molecule has 2 heteroatoms. The highest BCUT2D eigenvalue weighted by atomic mass is 16.5. The van der Waals surface area contributed by atoms with Gasteiger partial charge in [0.2, 0.25) is 0 Å². The molecule has 10 rings (SSSR count). The molecule has 0 saturated carbocycles. The molecule has 0 fully saturated rings. The van der Waals surface area contributed by atoms with E-state index in [2.05, 4.69) is 241 Å². The van der Waals surface area contributed by atoms with Crippen LogP contribution >= 0.6 is 0 Å². The molecule has 2 nitrogen and oxygen atoms in total. The molecule has 0 spiro atoms. The molecule has 2 aliphatic carbocycles. The van der Waals surface area contributed by atoms with Gasteiger partial charge in [0.1, 0.15) is 12.4 Å². The minimum atomic E-state index is -0.591. The van der Waals surface area contributed by atoms with Gasteiger partial charge in [-0.3, -0.25) is 0 Å². The summed E-state index contributed by atoms with van der Waals surface area (Å²) >= 11 is 0. The maximum Gasteiger partial charge on any atom is 0.119 e. The second kappa shape index (κ2) is 15.6. The van der Waals surface area contributed by atoms with Crippen LogP contribution in [0.25, 0.3) is 22.3 Å². The zero-order valence-corrected chi connectivity index (χ0v) is 37.7. The van der Waals surface area contributed by atoms with Crippen LogP contribution in [0.2, 0.25) is 0 Å². The third-order valence-electron chi connectivity index (χ3n) is 14.2. The molecule has 0 amide bonds. The van der Waals surface area contributed by atoms with Crippen molar-refractivity contribution < 1.29 is 4.74 Å². The van der Waals surface area contributed by atoms with Crippen molar-refractivity contribution in [3.05, 3.63) is 238 Å². The molecule has 0 bridgehead atoms. The van der Waals surface area contributed by atoms with Crippen molar-refractivity contribution in [3.63, 3.8) is 0 Å². The van der Waals surface area contributed by atoms with E-state index < -0.39 is 5.41 Å². The molecule has 2 aliphatic rings. The molecule has 63 heavy (non-hydrogen) atoms. The first-order chi connectivity index (χ1) is 30.5. The van der Waals surface area contributed by atoms with E-state index in [0.29, 0.717) is 12.5 Å². The van der Waals surface area contributed by atoms with Gasteiger partial charge in [0.05, 0.1) is 5.41 Å². The molecule has 0 radical (unpaired) electrons. The molecule has 0 aliphatic heterocycles. The Kier molecular flexibility index (Phi) is 10.0. The highest BCUT2D eigenvalue weighted by Crippen LogP contribution is 2.58. The van der Waals surface area contributed by atoms with Crippen LogP contribution in [0.1, 0.15) is 111 Å². The summed E-state index contributed by atoms with van der Waals surface area (Å²) in [6.45, 7) is 16.7. The average molecular weight is 820 g/mol. The summed E-state index contributed by atoms with van der Waals surface area (Å²) < 4.78 is 6.48. The third-order valence-corrected chi connectivity index (χ3v) is 14.2. The van der Waals surface area contributed by atoms with Crippen LogP contribution < -0.4 is 9.64 Å². The van der Waals surface area contributed by atoms with Crippen molar-refractivity contribution in [1.29, 1.82) is 0 Å². The topological polar surface area (TPSA) is 12.5 Å². The van der Waals surface area contributed by atoms with Gasteiger partial charge in [-0.15, -0.1) is 0 Å². The van der Waals surface area contributed by atoms with Gasteiger partial charge in [0.15, 0.2) is 0 Å². The summed E-state index contributed by atoms with van der Waals surface area (Å²) in [5.74, 6) is 1.41. The van der Waals surface area contributed by atoms with Gasteiger partial charge in [-0.2, -0.15) is 0 Å². The lowest BCUT2D eigenvalue weighted by molar-refractivity contribution is 0.306. The van der Waals surface area contributed by atoms with Crippen LogP contribution in [-0.4, -0.2) is 0 Å². The van der Waals surface area contributed by atoms with Crippen LogP contribution in [0.15, 0.2) is 188 Å². The first-order valence-corrected chi connectivity index (χ1v) is 22.8. The molecule has 0 heterocycles. The number of anilines is 3. The van der Waals surface area contributed by atoms with Gasteiger partial charge in [0, 0.05) is 22.5 Å².